The number of methoxy groups -OCH3 is 1. The Balaban J connectivity index is 2.31. The predicted molar refractivity (Wildman–Crippen MR) is 86.7 cm³/mol. The van der Waals surface area contributed by atoms with Gasteiger partial charge in [0.25, 0.3) is 0 Å². The second kappa shape index (κ2) is 6.76. The summed E-state index contributed by atoms with van der Waals surface area (Å²) >= 11 is 3.37. The Labute approximate surface area is 133 Å². The zero-order valence-electron chi connectivity index (χ0n) is 12.2. The number of aryl methyl sites for hydroxylation is 2. The quantitative estimate of drug-likeness (QED) is 0.578. The smallest absolute Gasteiger partial charge is 0.138 e. The summed E-state index contributed by atoms with van der Waals surface area (Å²) in [6, 6.07) is 11.3. The van der Waals surface area contributed by atoms with Crippen molar-refractivity contribution in [1.29, 1.82) is 0 Å². The van der Waals surface area contributed by atoms with Crippen LogP contribution in [0.15, 0.2) is 36.4 Å². The van der Waals surface area contributed by atoms with Gasteiger partial charge in [0.05, 0.1) is 11.9 Å². The van der Waals surface area contributed by atoms with E-state index in [0.29, 0.717) is 5.75 Å². The standard InChI is InChI=1S/C17H17BrO3/c1-11-7-15(8-12(2)17(11)16(18)10-19)21-14-6-4-5-13(9-14)20-3/h4-10,16H,1-3H3. The minimum Gasteiger partial charge on any atom is -0.497 e. The number of hydrogen-bond acceptors (Lipinski definition) is 3. The Morgan fingerprint density at radius 1 is 1.05 bits per heavy atom. The molecule has 0 saturated heterocycles. The van der Waals surface area contributed by atoms with E-state index in [1.54, 1.807) is 7.11 Å². The molecule has 2 aromatic rings. The van der Waals surface area contributed by atoms with Gasteiger partial charge in [-0.3, -0.25) is 0 Å². The van der Waals surface area contributed by atoms with Gasteiger partial charge in [-0.05, 0) is 54.8 Å². The maximum Gasteiger partial charge on any atom is 0.138 e. The third-order valence-corrected chi connectivity index (χ3v) is 3.91. The molecule has 0 heterocycles. The zero-order chi connectivity index (χ0) is 15.4. The van der Waals surface area contributed by atoms with Crippen molar-refractivity contribution in [2.75, 3.05) is 7.11 Å². The fraction of sp³-hybridized carbons (Fsp3) is 0.235. The second-order valence-electron chi connectivity index (χ2n) is 4.79. The summed E-state index contributed by atoms with van der Waals surface area (Å²) in [5, 5.41) is 0. The molecule has 0 amide bonds. The highest BCUT2D eigenvalue weighted by molar-refractivity contribution is 9.09. The number of alkyl halides is 1. The van der Waals surface area contributed by atoms with Gasteiger partial charge < -0.3 is 14.3 Å². The Bertz CT molecular complexity index is 629. The fourth-order valence-corrected chi connectivity index (χ4v) is 3.02. The van der Waals surface area contributed by atoms with Gasteiger partial charge in [-0.2, -0.15) is 0 Å². The SMILES string of the molecule is COc1cccc(Oc2cc(C)c(C(Br)C=O)c(C)c2)c1. The summed E-state index contributed by atoms with van der Waals surface area (Å²) in [6.07, 6.45) is 0.887. The molecular weight excluding hydrogens is 332 g/mol. The molecule has 3 nitrogen and oxygen atoms in total. The minimum absolute atomic E-state index is 0.289. The van der Waals surface area contributed by atoms with Crippen LogP contribution >= 0.6 is 15.9 Å². The van der Waals surface area contributed by atoms with E-state index in [0.717, 1.165) is 34.5 Å². The molecule has 0 fully saturated rings. The van der Waals surface area contributed by atoms with E-state index in [1.807, 2.05) is 50.2 Å². The molecule has 0 aliphatic heterocycles. The topological polar surface area (TPSA) is 35.5 Å². The van der Waals surface area contributed by atoms with Crippen molar-refractivity contribution in [2.24, 2.45) is 0 Å². The summed E-state index contributed by atoms with van der Waals surface area (Å²) in [7, 11) is 1.62. The molecule has 0 saturated carbocycles. The number of halogens is 1. The zero-order valence-corrected chi connectivity index (χ0v) is 13.8. The number of rotatable bonds is 5. The van der Waals surface area contributed by atoms with Gasteiger partial charge in [0.1, 0.15) is 23.5 Å². The molecule has 0 spiro atoms. The van der Waals surface area contributed by atoms with Crippen LogP contribution in [0.4, 0.5) is 0 Å². The van der Waals surface area contributed by atoms with Crippen molar-refractivity contribution in [2.45, 2.75) is 18.7 Å². The number of carbonyl (C=O) groups is 1. The molecule has 0 bridgehead atoms. The Hall–Kier alpha value is -1.81. The van der Waals surface area contributed by atoms with E-state index < -0.39 is 0 Å². The Morgan fingerprint density at radius 2 is 1.67 bits per heavy atom. The highest BCUT2D eigenvalue weighted by atomic mass is 79.9. The highest BCUT2D eigenvalue weighted by Crippen LogP contribution is 2.33. The first-order valence-electron chi connectivity index (χ1n) is 6.57. The Morgan fingerprint density at radius 3 is 2.24 bits per heavy atom. The van der Waals surface area contributed by atoms with Crippen molar-refractivity contribution in [3.05, 3.63) is 53.1 Å². The van der Waals surface area contributed by atoms with Crippen molar-refractivity contribution < 1.29 is 14.3 Å². The van der Waals surface area contributed by atoms with Crippen LogP contribution in [0, 0.1) is 13.8 Å². The van der Waals surface area contributed by atoms with Crippen LogP contribution < -0.4 is 9.47 Å². The molecule has 0 aromatic heterocycles. The lowest BCUT2D eigenvalue weighted by atomic mass is 10.00. The molecule has 1 unspecified atom stereocenters. The average molecular weight is 349 g/mol. The molecule has 2 aromatic carbocycles. The molecule has 0 aliphatic carbocycles. The molecular formula is C17H17BrO3. The average Bonchev–Trinajstić information content (AvgIpc) is 2.46. The van der Waals surface area contributed by atoms with Gasteiger partial charge in [0, 0.05) is 6.07 Å². The van der Waals surface area contributed by atoms with Gasteiger partial charge >= 0.3 is 0 Å². The van der Waals surface area contributed by atoms with E-state index in [9.17, 15) is 4.79 Å². The number of ether oxygens (including phenoxy) is 2. The lowest BCUT2D eigenvalue weighted by molar-refractivity contribution is -0.107. The van der Waals surface area contributed by atoms with E-state index >= 15 is 0 Å². The van der Waals surface area contributed by atoms with Gasteiger partial charge in [-0.1, -0.05) is 22.0 Å². The lowest BCUT2D eigenvalue weighted by Crippen LogP contribution is -1.99. The number of benzene rings is 2. The number of hydrogen-bond donors (Lipinski definition) is 0. The van der Waals surface area contributed by atoms with Crippen LogP contribution in [-0.2, 0) is 4.79 Å². The molecule has 4 heteroatoms. The van der Waals surface area contributed by atoms with Gasteiger partial charge in [-0.25, -0.2) is 0 Å². The van der Waals surface area contributed by atoms with Crippen molar-refractivity contribution in [1.82, 2.24) is 0 Å². The molecule has 2 rings (SSSR count). The molecule has 1 atom stereocenters. The molecule has 110 valence electrons. The third-order valence-electron chi connectivity index (χ3n) is 3.24. The number of aldehydes is 1. The summed E-state index contributed by atoms with van der Waals surface area (Å²) in [4.78, 5) is 10.7. The van der Waals surface area contributed by atoms with Crippen molar-refractivity contribution >= 4 is 22.2 Å². The van der Waals surface area contributed by atoms with Crippen LogP contribution in [0.3, 0.4) is 0 Å². The van der Waals surface area contributed by atoms with Crippen LogP contribution in [0.25, 0.3) is 0 Å². The first-order chi connectivity index (χ1) is 10.0. The summed E-state index contributed by atoms with van der Waals surface area (Å²) in [5.74, 6) is 2.21. The van der Waals surface area contributed by atoms with Crippen LogP contribution in [-0.4, -0.2) is 13.4 Å². The molecule has 0 aliphatic rings. The highest BCUT2D eigenvalue weighted by Gasteiger charge is 2.14. The lowest BCUT2D eigenvalue weighted by Gasteiger charge is -2.14. The van der Waals surface area contributed by atoms with Crippen LogP contribution in [0.5, 0.6) is 17.2 Å². The molecule has 0 radical (unpaired) electrons. The predicted octanol–water partition coefficient (Wildman–Crippen LogP) is 4.74. The fourth-order valence-electron chi connectivity index (χ4n) is 2.30. The van der Waals surface area contributed by atoms with E-state index in [1.165, 1.54) is 0 Å². The van der Waals surface area contributed by atoms with E-state index in [2.05, 4.69) is 15.9 Å². The largest absolute Gasteiger partial charge is 0.497 e. The maximum absolute atomic E-state index is 11.0. The first kappa shape index (κ1) is 15.6. The van der Waals surface area contributed by atoms with Gasteiger partial charge in [-0.15, -0.1) is 0 Å². The van der Waals surface area contributed by atoms with E-state index in [4.69, 9.17) is 9.47 Å². The maximum atomic E-state index is 11.0. The minimum atomic E-state index is -0.289. The Kier molecular flexibility index (Phi) is 5.02. The molecule has 21 heavy (non-hydrogen) atoms. The van der Waals surface area contributed by atoms with E-state index in [-0.39, 0.29) is 4.83 Å². The number of carbonyl (C=O) groups excluding carboxylic acids is 1. The van der Waals surface area contributed by atoms with Gasteiger partial charge in [0.2, 0.25) is 0 Å². The summed E-state index contributed by atoms with van der Waals surface area (Å²) in [5.41, 5.74) is 3.02. The van der Waals surface area contributed by atoms with Crippen LogP contribution in [0.2, 0.25) is 0 Å². The third kappa shape index (κ3) is 3.64. The monoisotopic (exact) mass is 348 g/mol. The normalized spacial score (nSPS) is 11.8. The van der Waals surface area contributed by atoms with Crippen molar-refractivity contribution in [3.63, 3.8) is 0 Å². The summed E-state index contributed by atoms with van der Waals surface area (Å²) in [6.45, 7) is 3.94. The second-order valence-corrected chi connectivity index (χ2v) is 5.78. The van der Waals surface area contributed by atoms with Crippen molar-refractivity contribution in [3.8, 4) is 17.2 Å². The van der Waals surface area contributed by atoms with Gasteiger partial charge in [0.15, 0.2) is 0 Å². The molecule has 0 N–H and O–H groups in total. The van der Waals surface area contributed by atoms with Crippen LogP contribution in [0.1, 0.15) is 21.5 Å². The first-order valence-corrected chi connectivity index (χ1v) is 7.49. The summed E-state index contributed by atoms with van der Waals surface area (Å²) < 4.78 is 11.0.